The van der Waals surface area contributed by atoms with Crippen molar-refractivity contribution in [3.05, 3.63) is 71.8 Å². The predicted molar refractivity (Wildman–Crippen MR) is 103 cm³/mol. The Bertz CT molecular complexity index is 707. The number of carbonyl (C=O) groups excluding carboxylic acids is 2. The zero-order valence-corrected chi connectivity index (χ0v) is 15.8. The smallest absolute Gasteiger partial charge is 0.325 e. The highest BCUT2D eigenvalue weighted by molar-refractivity contribution is 5.85. The van der Waals surface area contributed by atoms with E-state index < -0.39 is 12.0 Å². The molecule has 6 heteroatoms. The van der Waals surface area contributed by atoms with E-state index >= 15 is 0 Å². The number of nitrogens with zero attached hydrogens (tertiary/aromatic N) is 1. The summed E-state index contributed by atoms with van der Waals surface area (Å²) < 4.78 is 10.4. The fourth-order valence-electron chi connectivity index (χ4n) is 2.60. The molecule has 0 unspecified atom stereocenters. The monoisotopic (exact) mass is 370 g/mol. The quantitative estimate of drug-likeness (QED) is 0.648. The summed E-state index contributed by atoms with van der Waals surface area (Å²) >= 11 is 0. The number of likely N-dealkylation sites (N-methyl/N-ethyl adjacent to an activating group) is 1. The summed E-state index contributed by atoms with van der Waals surface area (Å²) in [5, 5.41) is 2.98. The standard InChI is InChI=1S/C21H26N2O4/c1-22-19(16-27-15-18-11-7-4-8-12-18)21(25)23(14-20(24)26-2)13-17-9-5-3-6-10-17/h3-12,19,22H,13-16H2,1-2H3/t19-/m0/s1. The predicted octanol–water partition coefficient (Wildman–Crippen LogP) is 1.99. The third kappa shape index (κ3) is 6.84. The van der Waals surface area contributed by atoms with Crippen molar-refractivity contribution in [1.29, 1.82) is 0 Å². The molecule has 1 N–H and O–H groups in total. The van der Waals surface area contributed by atoms with E-state index in [0.29, 0.717) is 13.2 Å². The van der Waals surface area contributed by atoms with Crippen molar-refractivity contribution in [1.82, 2.24) is 10.2 Å². The second-order valence-corrected chi connectivity index (χ2v) is 6.10. The molecule has 6 nitrogen and oxygen atoms in total. The number of hydrogen-bond donors (Lipinski definition) is 1. The van der Waals surface area contributed by atoms with Crippen LogP contribution in [0.4, 0.5) is 0 Å². The van der Waals surface area contributed by atoms with Crippen molar-refractivity contribution in [2.45, 2.75) is 19.2 Å². The Morgan fingerprint density at radius 3 is 2.15 bits per heavy atom. The highest BCUT2D eigenvalue weighted by Crippen LogP contribution is 2.08. The van der Waals surface area contributed by atoms with Crippen LogP contribution in [-0.2, 0) is 32.2 Å². The number of methoxy groups -OCH3 is 1. The molecule has 0 radical (unpaired) electrons. The number of rotatable bonds is 10. The van der Waals surface area contributed by atoms with Gasteiger partial charge in [-0.2, -0.15) is 0 Å². The lowest BCUT2D eigenvalue weighted by atomic mass is 10.2. The molecule has 0 aliphatic carbocycles. The van der Waals surface area contributed by atoms with Crippen molar-refractivity contribution in [2.24, 2.45) is 0 Å². The fourth-order valence-corrected chi connectivity index (χ4v) is 2.60. The molecule has 0 aromatic heterocycles. The van der Waals surface area contributed by atoms with E-state index in [0.717, 1.165) is 11.1 Å². The topological polar surface area (TPSA) is 67.9 Å². The van der Waals surface area contributed by atoms with E-state index in [1.165, 1.54) is 12.0 Å². The minimum atomic E-state index is -0.554. The van der Waals surface area contributed by atoms with Gasteiger partial charge in [0.05, 0.1) is 20.3 Å². The summed E-state index contributed by atoms with van der Waals surface area (Å²) in [6.45, 7) is 0.839. The van der Waals surface area contributed by atoms with Crippen molar-refractivity contribution in [2.75, 3.05) is 27.3 Å². The lowest BCUT2D eigenvalue weighted by Crippen LogP contribution is -2.49. The maximum atomic E-state index is 12.9. The molecule has 2 aromatic carbocycles. The summed E-state index contributed by atoms with van der Waals surface area (Å²) in [6.07, 6.45) is 0. The number of carbonyl (C=O) groups is 2. The van der Waals surface area contributed by atoms with Crippen LogP contribution in [0.1, 0.15) is 11.1 Å². The Balaban J connectivity index is 2.00. The number of amides is 1. The summed E-state index contributed by atoms with van der Waals surface area (Å²) in [6, 6.07) is 18.7. The molecule has 0 spiro atoms. The van der Waals surface area contributed by atoms with Crippen LogP contribution in [0.5, 0.6) is 0 Å². The van der Waals surface area contributed by atoms with Gasteiger partial charge in [-0.05, 0) is 18.2 Å². The molecule has 2 rings (SSSR count). The molecule has 27 heavy (non-hydrogen) atoms. The second kappa shape index (κ2) is 11.1. The molecule has 0 aliphatic heterocycles. The van der Waals surface area contributed by atoms with Gasteiger partial charge in [0.2, 0.25) is 5.91 Å². The first-order valence-electron chi connectivity index (χ1n) is 8.82. The lowest BCUT2D eigenvalue weighted by molar-refractivity contribution is -0.148. The first-order chi connectivity index (χ1) is 13.1. The van der Waals surface area contributed by atoms with E-state index in [1.54, 1.807) is 7.05 Å². The number of esters is 1. The van der Waals surface area contributed by atoms with Crippen LogP contribution in [0.25, 0.3) is 0 Å². The van der Waals surface area contributed by atoms with Gasteiger partial charge in [0.15, 0.2) is 0 Å². The fraction of sp³-hybridized carbons (Fsp3) is 0.333. The first-order valence-corrected chi connectivity index (χ1v) is 8.82. The van der Waals surface area contributed by atoms with Crippen molar-refractivity contribution >= 4 is 11.9 Å². The molecule has 0 bridgehead atoms. The van der Waals surface area contributed by atoms with E-state index in [-0.39, 0.29) is 19.1 Å². The average molecular weight is 370 g/mol. The van der Waals surface area contributed by atoms with Crippen molar-refractivity contribution in [3.8, 4) is 0 Å². The molecular weight excluding hydrogens is 344 g/mol. The van der Waals surface area contributed by atoms with Gasteiger partial charge in [-0.3, -0.25) is 9.59 Å². The Labute approximate surface area is 160 Å². The molecular formula is C21H26N2O4. The third-order valence-electron chi connectivity index (χ3n) is 4.12. The Kier molecular flexibility index (Phi) is 8.48. The Hall–Kier alpha value is -2.70. The van der Waals surface area contributed by atoms with Crippen LogP contribution in [0.2, 0.25) is 0 Å². The number of benzene rings is 2. The van der Waals surface area contributed by atoms with Crippen LogP contribution >= 0.6 is 0 Å². The maximum absolute atomic E-state index is 12.9. The highest BCUT2D eigenvalue weighted by atomic mass is 16.5. The van der Waals surface area contributed by atoms with Gasteiger partial charge in [0, 0.05) is 6.54 Å². The van der Waals surface area contributed by atoms with Crippen LogP contribution in [0.15, 0.2) is 60.7 Å². The zero-order valence-electron chi connectivity index (χ0n) is 15.8. The minimum absolute atomic E-state index is 0.110. The summed E-state index contributed by atoms with van der Waals surface area (Å²) in [5.74, 6) is -0.667. The minimum Gasteiger partial charge on any atom is -0.468 e. The van der Waals surface area contributed by atoms with E-state index in [2.05, 4.69) is 5.32 Å². The van der Waals surface area contributed by atoms with Crippen molar-refractivity contribution < 1.29 is 19.1 Å². The Morgan fingerprint density at radius 1 is 1.00 bits per heavy atom. The van der Waals surface area contributed by atoms with Crippen LogP contribution in [0, 0.1) is 0 Å². The van der Waals surface area contributed by atoms with Gasteiger partial charge in [-0.1, -0.05) is 60.7 Å². The SMILES string of the molecule is CN[C@@H](COCc1ccccc1)C(=O)N(CC(=O)OC)Cc1ccccc1. The van der Waals surface area contributed by atoms with Gasteiger partial charge in [0.1, 0.15) is 12.6 Å². The maximum Gasteiger partial charge on any atom is 0.325 e. The molecule has 0 fully saturated rings. The highest BCUT2D eigenvalue weighted by Gasteiger charge is 2.25. The van der Waals surface area contributed by atoms with Crippen LogP contribution < -0.4 is 5.32 Å². The number of hydrogen-bond acceptors (Lipinski definition) is 5. The molecule has 2 aromatic rings. The first kappa shape index (κ1) is 20.6. The summed E-state index contributed by atoms with van der Waals surface area (Å²) in [7, 11) is 3.01. The van der Waals surface area contributed by atoms with Gasteiger partial charge >= 0.3 is 5.97 Å². The molecule has 1 amide bonds. The summed E-state index contributed by atoms with van der Waals surface area (Å²) in [5.41, 5.74) is 1.98. The van der Waals surface area contributed by atoms with Gasteiger partial charge in [-0.25, -0.2) is 0 Å². The number of nitrogens with one attached hydrogen (secondary N) is 1. The second-order valence-electron chi connectivity index (χ2n) is 6.10. The molecule has 0 heterocycles. The number of ether oxygens (including phenoxy) is 2. The van der Waals surface area contributed by atoms with Crippen LogP contribution in [-0.4, -0.2) is 50.1 Å². The van der Waals surface area contributed by atoms with Gasteiger partial charge in [0.25, 0.3) is 0 Å². The molecule has 0 saturated carbocycles. The largest absolute Gasteiger partial charge is 0.468 e. The normalized spacial score (nSPS) is 11.6. The van der Waals surface area contributed by atoms with E-state index in [9.17, 15) is 9.59 Å². The van der Waals surface area contributed by atoms with E-state index in [4.69, 9.17) is 9.47 Å². The average Bonchev–Trinajstić information content (AvgIpc) is 2.71. The third-order valence-corrected chi connectivity index (χ3v) is 4.12. The Morgan fingerprint density at radius 2 is 1.59 bits per heavy atom. The van der Waals surface area contributed by atoms with Crippen molar-refractivity contribution in [3.63, 3.8) is 0 Å². The lowest BCUT2D eigenvalue weighted by Gasteiger charge is -2.26. The summed E-state index contributed by atoms with van der Waals surface area (Å²) in [4.78, 5) is 26.2. The van der Waals surface area contributed by atoms with Crippen LogP contribution in [0.3, 0.4) is 0 Å². The zero-order chi connectivity index (χ0) is 19.5. The van der Waals surface area contributed by atoms with Gasteiger partial charge < -0.3 is 19.7 Å². The molecule has 0 aliphatic rings. The molecule has 144 valence electrons. The van der Waals surface area contributed by atoms with Gasteiger partial charge in [-0.15, -0.1) is 0 Å². The van der Waals surface area contributed by atoms with E-state index in [1.807, 2.05) is 60.7 Å². The molecule has 1 atom stereocenters. The molecule has 0 saturated heterocycles.